The summed E-state index contributed by atoms with van der Waals surface area (Å²) in [5, 5.41) is 2.25. The molecular formula is C24H24N2NiS2. The molecule has 0 radical (unpaired) electrons. The van der Waals surface area contributed by atoms with Gasteiger partial charge in [-0.05, 0) is 34.7 Å². The molecule has 2 aromatic carbocycles. The predicted octanol–water partition coefficient (Wildman–Crippen LogP) is 6.53. The van der Waals surface area contributed by atoms with Crippen molar-refractivity contribution in [3.63, 3.8) is 0 Å². The molecule has 0 aliphatic rings. The van der Waals surface area contributed by atoms with E-state index in [4.69, 9.17) is 25.3 Å². The molecule has 0 unspecified atom stereocenters. The van der Waals surface area contributed by atoms with Crippen LogP contribution in [0.5, 0.6) is 0 Å². The first-order valence-electron chi connectivity index (χ1n) is 9.50. The quantitative estimate of drug-likeness (QED) is 0.250. The van der Waals surface area contributed by atoms with E-state index in [9.17, 15) is 0 Å². The molecule has 0 atom stereocenters. The number of hydrogen-bond donors (Lipinski definition) is 0. The van der Waals surface area contributed by atoms with Gasteiger partial charge in [-0.2, -0.15) is 0 Å². The molecule has 0 fully saturated rings. The number of aromatic nitrogens is 2. The van der Waals surface area contributed by atoms with Crippen molar-refractivity contribution >= 4 is 47.1 Å². The SMILES string of the molecule is CC(C)c1ccc2cccc([S-])c2n1.CC(C)c1ccc2cccc([S-])c2n1.[Ni+2]. The minimum Gasteiger partial charge on any atom is -0.778 e. The van der Waals surface area contributed by atoms with E-state index in [2.05, 4.69) is 61.9 Å². The average Bonchev–Trinajstić information content (AvgIpc) is 2.68. The molecule has 0 aliphatic heterocycles. The third kappa shape index (κ3) is 5.63. The first-order chi connectivity index (χ1) is 13.4. The molecule has 0 N–H and O–H groups in total. The van der Waals surface area contributed by atoms with Gasteiger partial charge in [0, 0.05) is 11.4 Å². The van der Waals surface area contributed by atoms with Crippen LogP contribution >= 0.6 is 0 Å². The Balaban J connectivity index is 0.000000200. The molecule has 152 valence electrons. The first-order valence-corrected chi connectivity index (χ1v) is 10.3. The van der Waals surface area contributed by atoms with Gasteiger partial charge in [0.05, 0.1) is 11.0 Å². The van der Waals surface area contributed by atoms with E-state index in [0.717, 1.165) is 43.0 Å². The Hall–Kier alpha value is -1.81. The Bertz CT molecular complexity index is 1020. The second-order valence-electron chi connectivity index (χ2n) is 7.44. The van der Waals surface area contributed by atoms with Crippen molar-refractivity contribution in [2.45, 2.75) is 49.3 Å². The Labute approximate surface area is 194 Å². The third-order valence-corrected chi connectivity index (χ3v) is 5.25. The molecule has 4 aromatic rings. The number of rotatable bonds is 2. The molecule has 0 amide bonds. The third-order valence-electron chi connectivity index (χ3n) is 4.59. The topological polar surface area (TPSA) is 25.8 Å². The Morgan fingerprint density at radius 3 is 1.31 bits per heavy atom. The number of nitrogens with zero attached hydrogens (tertiary/aromatic N) is 2. The van der Waals surface area contributed by atoms with Gasteiger partial charge in [0.25, 0.3) is 0 Å². The predicted molar refractivity (Wildman–Crippen MR) is 123 cm³/mol. The summed E-state index contributed by atoms with van der Waals surface area (Å²) < 4.78 is 0. The van der Waals surface area contributed by atoms with Crippen LogP contribution in [0.4, 0.5) is 0 Å². The maximum Gasteiger partial charge on any atom is 2.00 e. The minimum atomic E-state index is 0. The zero-order valence-corrected chi connectivity index (χ0v) is 19.6. The summed E-state index contributed by atoms with van der Waals surface area (Å²) >= 11 is 10.5. The summed E-state index contributed by atoms with van der Waals surface area (Å²) in [5.41, 5.74) is 4.12. The van der Waals surface area contributed by atoms with Crippen molar-refractivity contribution < 1.29 is 16.5 Å². The molecule has 4 rings (SSSR count). The van der Waals surface area contributed by atoms with Crippen molar-refractivity contribution in [3.05, 3.63) is 72.1 Å². The zero-order chi connectivity index (χ0) is 20.3. The summed E-state index contributed by atoms with van der Waals surface area (Å²) in [7, 11) is 0. The van der Waals surface area contributed by atoms with Crippen molar-refractivity contribution in [2.24, 2.45) is 0 Å². The van der Waals surface area contributed by atoms with Crippen LogP contribution in [-0.2, 0) is 41.7 Å². The standard InChI is InChI=1S/2C12H13NS.Ni/c2*1-8(2)10-7-6-9-4-3-5-11(14)12(9)13-10;/h2*3-8,14H,1-2H3;/q;;+2/p-2. The molecule has 2 aromatic heterocycles. The molecule has 0 spiro atoms. The van der Waals surface area contributed by atoms with Crippen LogP contribution in [0.1, 0.15) is 50.9 Å². The molecule has 2 heterocycles. The molecule has 0 bridgehead atoms. The fraction of sp³-hybridized carbons (Fsp3) is 0.250. The Morgan fingerprint density at radius 1 is 0.586 bits per heavy atom. The molecule has 29 heavy (non-hydrogen) atoms. The van der Waals surface area contributed by atoms with E-state index >= 15 is 0 Å². The molecule has 0 saturated carbocycles. The van der Waals surface area contributed by atoms with E-state index in [1.807, 2.05) is 36.4 Å². The maximum absolute atomic E-state index is 5.24. The fourth-order valence-electron chi connectivity index (χ4n) is 2.91. The second kappa shape index (κ2) is 10.3. The zero-order valence-electron chi connectivity index (χ0n) is 17.0. The van der Waals surface area contributed by atoms with Gasteiger partial charge in [0.1, 0.15) is 0 Å². The average molecular weight is 463 g/mol. The number of pyridine rings is 2. The van der Waals surface area contributed by atoms with E-state index in [1.165, 1.54) is 0 Å². The van der Waals surface area contributed by atoms with Crippen LogP contribution in [0, 0.1) is 0 Å². The van der Waals surface area contributed by atoms with Crippen molar-refractivity contribution in [1.29, 1.82) is 0 Å². The van der Waals surface area contributed by atoms with Gasteiger partial charge < -0.3 is 25.3 Å². The van der Waals surface area contributed by atoms with E-state index in [0.29, 0.717) is 11.8 Å². The van der Waals surface area contributed by atoms with Gasteiger partial charge in [-0.25, -0.2) is 0 Å². The fourth-order valence-corrected chi connectivity index (χ4v) is 3.40. The minimum absolute atomic E-state index is 0. The van der Waals surface area contributed by atoms with E-state index in [1.54, 1.807) is 0 Å². The summed E-state index contributed by atoms with van der Waals surface area (Å²) in [5.74, 6) is 0.906. The summed E-state index contributed by atoms with van der Waals surface area (Å²) in [6.45, 7) is 8.56. The second-order valence-corrected chi connectivity index (χ2v) is 8.32. The van der Waals surface area contributed by atoms with Gasteiger partial charge in [-0.1, -0.05) is 76.2 Å². The van der Waals surface area contributed by atoms with Crippen LogP contribution < -0.4 is 0 Å². The number of benzene rings is 2. The summed E-state index contributed by atoms with van der Waals surface area (Å²) in [6, 6.07) is 20.2. The van der Waals surface area contributed by atoms with Gasteiger partial charge in [-0.15, -0.1) is 9.79 Å². The van der Waals surface area contributed by atoms with Crippen molar-refractivity contribution in [2.75, 3.05) is 0 Å². The van der Waals surface area contributed by atoms with E-state index in [-0.39, 0.29) is 16.5 Å². The van der Waals surface area contributed by atoms with Crippen LogP contribution in [0.25, 0.3) is 21.8 Å². The Kier molecular flexibility index (Phi) is 8.33. The molecule has 0 saturated heterocycles. The Morgan fingerprint density at radius 2 is 0.966 bits per heavy atom. The summed E-state index contributed by atoms with van der Waals surface area (Å²) in [6.07, 6.45) is 0. The summed E-state index contributed by atoms with van der Waals surface area (Å²) in [4.78, 5) is 10.8. The van der Waals surface area contributed by atoms with Gasteiger partial charge >= 0.3 is 16.5 Å². The molecule has 2 nitrogen and oxygen atoms in total. The van der Waals surface area contributed by atoms with Gasteiger partial charge in [-0.3, -0.25) is 9.97 Å². The molecule has 0 aliphatic carbocycles. The van der Waals surface area contributed by atoms with Crippen LogP contribution in [0.15, 0.2) is 70.5 Å². The number of para-hydroxylation sites is 2. The van der Waals surface area contributed by atoms with E-state index < -0.39 is 0 Å². The largest absolute Gasteiger partial charge is 2.00 e. The smallest absolute Gasteiger partial charge is 0.778 e. The molecule has 5 heteroatoms. The maximum atomic E-state index is 5.24. The molecular weight excluding hydrogens is 439 g/mol. The van der Waals surface area contributed by atoms with Crippen molar-refractivity contribution in [3.8, 4) is 0 Å². The first kappa shape index (κ1) is 23.5. The van der Waals surface area contributed by atoms with Gasteiger partial charge in [0.2, 0.25) is 0 Å². The van der Waals surface area contributed by atoms with Gasteiger partial charge in [0.15, 0.2) is 0 Å². The van der Waals surface area contributed by atoms with Crippen LogP contribution in [0.2, 0.25) is 0 Å². The van der Waals surface area contributed by atoms with Crippen LogP contribution in [-0.4, -0.2) is 9.97 Å². The van der Waals surface area contributed by atoms with Crippen LogP contribution in [0.3, 0.4) is 0 Å². The number of fused-ring (bicyclic) bond motifs is 2. The normalized spacial score (nSPS) is 10.7. The monoisotopic (exact) mass is 462 g/mol. The van der Waals surface area contributed by atoms with Crippen molar-refractivity contribution in [1.82, 2.24) is 9.97 Å². The number of hydrogen-bond acceptors (Lipinski definition) is 4.